The Labute approximate surface area is 146 Å². The molecule has 0 atom stereocenters. The molecule has 0 saturated carbocycles. The van der Waals surface area contributed by atoms with Gasteiger partial charge in [0.25, 0.3) is 5.89 Å². The minimum Gasteiger partial charge on any atom is -0.362 e. The number of aryl methyl sites for hydroxylation is 2. The Morgan fingerprint density at radius 2 is 1.85 bits per heavy atom. The number of aromatic nitrogens is 5. The molecule has 0 unspecified atom stereocenters. The number of nitrogens with one attached hydrogen (secondary N) is 1. The van der Waals surface area contributed by atoms with E-state index >= 15 is 0 Å². The van der Waals surface area contributed by atoms with Crippen LogP contribution in [-0.2, 0) is 6.54 Å². The number of hydrogen-bond acceptors (Lipinski definition) is 6. The Balaban J connectivity index is 1.59. The third-order valence-corrected chi connectivity index (χ3v) is 3.75. The Morgan fingerprint density at radius 3 is 2.62 bits per heavy atom. The van der Waals surface area contributed by atoms with Gasteiger partial charge in [-0.1, -0.05) is 11.2 Å². The van der Waals surface area contributed by atoms with Crippen LogP contribution in [0.1, 0.15) is 17.2 Å². The second kappa shape index (κ2) is 6.17. The molecule has 3 aromatic heterocycles. The van der Waals surface area contributed by atoms with E-state index in [9.17, 15) is 8.78 Å². The fourth-order valence-electron chi connectivity index (χ4n) is 2.64. The van der Waals surface area contributed by atoms with E-state index in [1.807, 2.05) is 26.0 Å². The smallest absolute Gasteiger partial charge is 0.263 e. The molecule has 0 bridgehead atoms. The molecule has 3 heterocycles. The lowest BCUT2D eigenvalue weighted by Gasteiger charge is -2.07. The van der Waals surface area contributed by atoms with E-state index in [0.29, 0.717) is 11.5 Å². The molecule has 0 fully saturated rings. The van der Waals surface area contributed by atoms with Gasteiger partial charge in [0.15, 0.2) is 11.5 Å². The number of fused-ring (bicyclic) bond motifs is 1. The van der Waals surface area contributed by atoms with Gasteiger partial charge in [0.1, 0.15) is 23.0 Å². The highest BCUT2D eigenvalue weighted by molar-refractivity contribution is 5.55. The van der Waals surface area contributed by atoms with Crippen molar-refractivity contribution in [3.05, 3.63) is 59.2 Å². The average molecular weight is 356 g/mol. The van der Waals surface area contributed by atoms with E-state index in [2.05, 4.69) is 25.5 Å². The normalized spacial score (nSPS) is 11.2. The Morgan fingerprint density at radius 1 is 1.08 bits per heavy atom. The number of nitrogens with zero attached hydrogens (tertiary/aromatic N) is 5. The van der Waals surface area contributed by atoms with E-state index in [1.165, 1.54) is 6.07 Å². The summed E-state index contributed by atoms with van der Waals surface area (Å²) in [6, 6.07) is 7.24. The van der Waals surface area contributed by atoms with Crippen LogP contribution in [0.25, 0.3) is 17.1 Å². The van der Waals surface area contributed by atoms with Crippen molar-refractivity contribution in [2.24, 2.45) is 0 Å². The highest BCUT2D eigenvalue weighted by Crippen LogP contribution is 2.24. The van der Waals surface area contributed by atoms with E-state index in [0.717, 1.165) is 23.5 Å². The van der Waals surface area contributed by atoms with Crippen molar-refractivity contribution < 1.29 is 13.3 Å². The van der Waals surface area contributed by atoms with Crippen LogP contribution in [0.3, 0.4) is 0 Å². The summed E-state index contributed by atoms with van der Waals surface area (Å²) in [7, 11) is 0. The topological polar surface area (TPSA) is 81.1 Å². The minimum atomic E-state index is -0.758. The summed E-state index contributed by atoms with van der Waals surface area (Å²) >= 11 is 0. The molecule has 1 N–H and O–H groups in total. The molecule has 0 saturated heterocycles. The molecule has 1 aromatic carbocycles. The first-order valence-corrected chi connectivity index (χ1v) is 7.86. The molecular weight excluding hydrogens is 342 g/mol. The van der Waals surface area contributed by atoms with Gasteiger partial charge in [-0.25, -0.2) is 13.8 Å². The predicted octanol–water partition coefficient (Wildman–Crippen LogP) is 3.29. The third kappa shape index (κ3) is 2.87. The maximum Gasteiger partial charge on any atom is 0.263 e. The maximum atomic E-state index is 13.8. The zero-order valence-electron chi connectivity index (χ0n) is 14.0. The van der Waals surface area contributed by atoms with Gasteiger partial charge >= 0.3 is 0 Å². The molecule has 4 rings (SSSR count). The molecule has 0 aliphatic rings. The first-order chi connectivity index (χ1) is 12.5. The summed E-state index contributed by atoms with van der Waals surface area (Å²) < 4.78 is 34.3. The van der Waals surface area contributed by atoms with E-state index in [4.69, 9.17) is 4.52 Å². The molecule has 9 heteroatoms. The first-order valence-electron chi connectivity index (χ1n) is 7.86. The second-order valence-corrected chi connectivity index (χ2v) is 5.80. The lowest BCUT2D eigenvalue weighted by atomic mass is 10.2. The third-order valence-electron chi connectivity index (χ3n) is 3.75. The zero-order chi connectivity index (χ0) is 18.3. The quantitative estimate of drug-likeness (QED) is 0.604. The van der Waals surface area contributed by atoms with E-state index in [-0.39, 0.29) is 23.8 Å². The molecule has 0 amide bonds. The SMILES string of the molecule is Cc1cc(NCc2noc(-c3c(F)cccc3F)n2)n2nc(C)cc2n1. The van der Waals surface area contributed by atoms with Gasteiger partial charge in [-0.3, -0.25) is 0 Å². The fourth-order valence-corrected chi connectivity index (χ4v) is 2.64. The average Bonchev–Trinajstić information content (AvgIpc) is 3.18. The van der Waals surface area contributed by atoms with Crippen LogP contribution >= 0.6 is 0 Å². The van der Waals surface area contributed by atoms with Gasteiger partial charge in [-0.15, -0.1) is 0 Å². The monoisotopic (exact) mass is 356 g/mol. The summed E-state index contributed by atoms with van der Waals surface area (Å²) in [5.74, 6) is -0.764. The van der Waals surface area contributed by atoms with Crippen LogP contribution in [0.2, 0.25) is 0 Å². The van der Waals surface area contributed by atoms with Crippen molar-refractivity contribution in [3.8, 4) is 11.5 Å². The van der Waals surface area contributed by atoms with Crippen molar-refractivity contribution >= 4 is 11.5 Å². The zero-order valence-corrected chi connectivity index (χ0v) is 14.0. The largest absolute Gasteiger partial charge is 0.362 e. The molecule has 0 aliphatic carbocycles. The van der Waals surface area contributed by atoms with Crippen LogP contribution in [0.4, 0.5) is 14.6 Å². The van der Waals surface area contributed by atoms with Crippen molar-refractivity contribution in [2.75, 3.05) is 5.32 Å². The standard InChI is InChI=1S/C17H14F2N6O/c1-9-6-14(25-15(21-9)7-10(2)23-25)20-8-13-22-17(26-24-13)16-11(18)4-3-5-12(16)19/h3-7,20H,8H2,1-2H3. The number of hydrogen-bond donors (Lipinski definition) is 1. The molecule has 26 heavy (non-hydrogen) atoms. The molecule has 0 spiro atoms. The van der Waals surface area contributed by atoms with Crippen LogP contribution in [0.15, 0.2) is 34.9 Å². The van der Waals surface area contributed by atoms with Gasteiger partial charge in [0.2, 0.25) is 0 Å². The molecule has 0 aliphatic heterocycles. The van der Waals surface area contributed by atoms with Crippen molar-refractivity contribution in [1.82, 2.24) is 24.7 Å². The molecule has 4 aromatic rings. The summed E-state index contributed by atoms with van der Waals surface area (Å²) in [5, 5.41) is 11.3. The number of benzene rings is 1. The Bertz CT molecular complexity index is 1080. The maximum absolute atomic E-state index is 13.8. The molecule has 0 radical (unpaired) electrons. The van der Waals surface area contributed by atoms with Crippen LogP contribution in [0.5, 0.6) is 0 Å². The van der Waals surface area contributed by atoms with Gasteiger partial charge < -0.3 is 9.84 Å². The predicted molar refractivity (Wildman–Crippen MR) is 89.4 cm³/mol. The lowest BCUT2D eigenvalue weighted by Crippen LogP contribution is -2.07. The lowest BCUT2D eigenvalue weighted by molar-refractivity contribution is 0.418. The second-order valence-electron chi connectivity index (χ2n) is 5.80. The Hall–Kier alpha value is -3.36. The van der Waals surface area contributed by atoms with Gasteiger partial charge in [0.05, 0.1) is 12.2 Å². The van der Waals surface area contributed by atoms with Crippen LogP contribution < -0.4 is 5.32 Å². The van der Waals surface area contributed by atoms with Crippen LogP contribution in [0, 0.1) is 25.5 Å². The summed E-state index contributed by atoms with van der Waals surface area (Å²) in [6.07, 6.45) is 0. The number of halogens is 2. The van der Waals surface area contributed by atoms with Gasteiger partial charge in [-0.05, 0) is 26.0 Å². The van der Waals surface area contributed by atoms with Crippen molar-refractivity contribution in [2.45, 2.75) is 20.4 Å². The fraction of sp³-hybridized carbons (Fsp3) is 0.176. The molecule has 7 nitrogen and oxygen atoms in total. The summed E-state index contributed by atoms with van der Waals surface area (Å²) in [5.41, 5.74) is 2.04. The van der Waals surface area contributed by atoms with Crippen LogP contribution in [-0.4, -0.2) is 24.7 Å². The van der Waals surface area contributed by atoms with Crippen molar-refractivity contribution in [3.63, 3.8) is 0 Å². The summed E-state index contributed by atoms with van der Waals surface area (Å²) in [4.78, 5) is 8.46. The van der Waals surface area contributed by atoms with E-state index < -0.39 is 11.6 Å². The van der Waals surface area contributed by atoms with E-state index in [1.54, 1.807) is 4.52 Å². The van der Waals surface area contributed by atoms with Crippen molar-refractivity contribution in [1.29, 1.82) is 0 Å². The Kier molecular flexibility index (Phi) is 3.83. The number of rotatable bonds is 4. The summed E-state index contributed by atoms with van der Waals surface area (Å²) in [6.45, 7) is 3.94. The van der Waals surface area contributed by atoms with Gasteiger partial charge in [0, 0.05) is 17.8 Å². The molecular formula is C17H14F2N6O. The number of anilines is 1. The first kappa shape index (κ1) is 16.1. The highest BCUT2D eigenvalue weighted by Gasteiger charge is 2.18. The van der Waals surface area contributed by atoms with Gasteiger partial charge in [-0.2, -0.15) is 14.6 Å². The minimum absolute atomic E-state index is 0.192. The highest BCUT2D eigenvalue weighted by atomic mass is 19.1. The molecule has 132 valence electrons.